The summed E-state index contributed by atoms with van der Waals surface area (Å²) >= 11 is 0. The number of benzene rings is 1. The standard InChI is InChI=1S/C23H26N2/c1-17-9-7-10-21(15-17)20(4)24-14-6-5-11-22(24)18(2)19(3)25-16-23(25)12-8-13-23/h5-7,9-11,14-15H,3-4,8,12-13,16H2,1-2H3/b22-18+. The van der Waals surface area contributed by atoms with Crippen molar-refractivity contribution in [1.29, 1.82) is 0 Å². The molecule has 1 saturated carbocycles. The zero-order chi connectivity index (χ0) is 17.6. The van der Waals surface area contributed by atoms with Crippen LogP contribution in [0.3, 0.4) is 0 Å². The van der Waals surface area contributed by atoms with Gasteiger partial charge in [-0.1, -0.05) is 43.0 Å². The van der Waals surface area contributed by atoms with Gasteiger partial charge in [-0.3, -0.25) is 0 Å². The molecule has 1 aliphatic carbocycles. The van der Waals surface area contributed by atoms with Crippen molar-refractivity contribution in [1.82, 2.24) is 9.80 Å². The van der Waals surface area contributed by atoms with Gasteiger partial charge < -0.3 is 9.80 Å². The van der Waals surface area contributed by atoms with E-state index in [0.717, 1.165) is 17.0 Å². The van der Waals surface area contributed by atoms with Crippen molar-refractivity contribution in [3.63, 3.8) is 0 Å². The van der Waals surface area contributed by atoms with Crippen LogP contribution >= 0.6 is 0 Å². The topological polar surface area (TPSA) is 6.25 Å². The van der Waals surface area contributed by atoms with Crippen molar-refractivity contribution >= 4 is 5.70 Å². The maximum absolute atomic E-state index is 4.40. The highest BCUT2D eigenvalue weighted by molar-refractivity contribution is 5.67. The molecule has 2 nitrogen and oxygen atoms in total. The van der Waals surface area contributed by atoms with Crippen molar-refractivity contribution in [2.24, 2.45) is 0 Å². The summed E-state index contributed by atoms with van der Waals surface area (Å²) < 4.78 is 0. The first-order chi connectivity index (χ1) is 12.0. The van der Waals surface area contributed by atoms with E-state index in [1.54, 1.807) is 0 Å². The SMILES string of the molecule is C=C(c1cccc(C)c1)N1C=CC=C/C1=C(/C)C(=C)N1CC12CCC2. The molecule has 0 atom stereocenters. The fraction of sp³-hybridized carbons (Fsp3) is 0.304. The Kier molecular flexibility index (Phi) is 3.72. The molecular weight excluding hydrogens is 304 g/mol. The highest BCUT2D eigenvalue weighted by Gasteiger charge is 2.56. The van der Waals surface area contributed by atoms with Gasteiger partial charge in [0, 0.05) is 24.1 Å². The van der Waals surface area contributed by atoms with Crippen LogP contribution in [0.2, 0.25) is 0 Å². The third-order valence-corrected chi connectivity index (χ3v) is 5.85. The Morgan fingerprint density at radius 1 is 1.16 bits per heavy atom. The first-order valence-corrected chi connectivity index (χ1v) is 9.10. The maximum Gasteiger partial charge on any atom is 0.0578 e. The van der Waals surface area contributed by atoms with Crippen molar-refractivity contribution in [2.45, 2.75) is 38.6 Å². The van der Waals surface area contributed by atoms with Gasteiger partial charge in [-0.25, -0.2) is 0 Å². The zero-order valence-corrected chi connectivity index (χ0v) is 15.3. The number of hydrogen-bond donors (Lipinski definition) is 0. The van der Waals surface area contributed by atoms with Crippen LogP contribution in [0.4, 0.5) is 0 Å². The number of nitrogens with zero attached hydrogens (tertiary/aromatic N) is 2. The van der Waals surface area contributed by atoms with Crippen molar-refractivity contribution < 1.29 is 0 Å². The second-order valence-electron chi connectivity index (χ2n) is 7.51. The van der Waals surface area contributed by atoms with Gasteiger partial charge in [0.25, 0.3) is 0 Å². The fourth-order valence-corrected chi connectivity index (χ4v) is 3.95. The van der Waals surface area contributed by atoms with E-state index >= 15 is 0 Å². The van der Waals surface area contributed by atoms with Crippen molar-refractivity contribution in [2.75, 3.05) is 6.54 Å². The molecule has 2 heterocycles. The average Bonchev–Trinajstić information content (AvgIpc) is 3.36. The van der Waals surface area contributed by atoms with E-state index in [4.69, 9.17) is 0 Å². The van der Waals surface area contributed by atoms with Gasteiger partial charge in [-0.05, 0) is 62.5 Å². The molecule has 2 fully saturated rings. The minimum Gasteiger partial charge on any atom is -0.362 e. The van der Waals surface area contributed by atoms with Crippen LogP contribution in [0.1, 0.15) is 37.3 Å². The van der Waals surface area contributed by atoms with Crippen LogP contribution in [-0.4, -0.2) is 21.9 Å². The summed E-state index contributed by atoms with van der Waals surface area (Å²) in [6.07, 6.45) is 12.4. The lowest BCUT2D eigenvalue weighted by atomic mass is 9.84. The summed E-state index contributed by atoms with van der Waals surface area (Å²) in [5.41, 5.74) is 7.41. The quantitative estimate of drug-likeness (QED) is 0.684. The predicted molar refractivity (Wildman–Crippen MR) is 105 cm³/mol. The van der Waals surface area contributed by atoms with Crippen LogP contribution in [0.15, 0.2) is 78.8 Å². The van der Waals surface area contributed by atoms with Crippen LogP contribution in [0, 0.1) is 6.92 Å². The second-order valence-corrected chi connectivity index (χ2v) is 7.51. The Balaban J connectivity index is 1.63. The largest absolute Gasteiger partial charge is 0.362 e. The molecule has 0 aromatic heterocycles. The van der Waals surface area contributed by atoms with Crippen LogP contribution in [0.5, 0.6) is 0 Å². The summed E-state index contributed by atoms with van der Waals surface area (Å²) in [6.45, 7) is 14.2. The van der Waals surface area contributed by atoms with E-state index in [1.165, 1.54) is 42.6 Å². The summed E-state index contributed by atoms with van der Waals surface area (Å²) in [5.74, 6) is 0. The van der Waals surface area contributed by atoms with Crippen molar-refractivity contribution in [3.05, 3.63) is 89.9 Å². The van der Waals surface area contributed by atoms with Crippen molar-refractivity contribution in [3.8, 4) is 0 Å². The van der Waals surface area contributed by atoms with E-state index in [-0.39, 0.29) is 0 Å². The van der Waals surface area contributed by atoms with E-state index in [0.29, 0.717) is 5.54 Å². The molecule has 1 aromatic carbocycles. The Bertz CT molecular complexity index is 833. The molecule has 0 bridgehead atoms. The molecule has 1 spiro atoms. The highest BCUT2D eigenvalue weighted by Crippen LogP contribution is 2.52. The summed E-state index contributed by atoms with van der Waals surface area (Å²) in [4.78, 5) is 4.67. The molecular formula is C23H26N2. The molecule has 2 heteroatoms. The number of allylic oxidation sites excluding steroid dienone is 4. The van der Waals surface area contributed by atoms with E-state index in [1.807, 2.05) is 0 Å². The number of rotatable bonds is 4. The molecule has 128 valence electrons. The van der Waals surface area contributed by atoms with Gasteiger partial charge >= 0.3 is 0 Å². The zero-order valence-electron chi connectivity index (χ0n) is 15.3. The summed E-state index contributed by atoms with van der Waals surface area (Å²) in [7, 11) is 0. The molecule has 25 heavy (non-hydrogen) atoms. The summed E-state index contributed by atoms with van der Waals surface area (Å²) in [6, 6.07) is 8.51. The lowest BCUT2D eigenvalue weighted by Gasteiger charge is -2.31. The highest BCUT2D eigenvalue weighted by atomic mass is 15.4. The lowest BCUT2D eigenvalue weighted by Crippen LogP contribution is -2.27. The molecule has 4 rings (SSSR count). The van der Waals surface area contributed by atoms with E-state index < -0.39 is 0 Å². The first kappa shape index (κ1) is 16.0. The monoisotopic (exact) mass is 330 g/mol. The van der Waals surface area contributed by atoms with Gasteiger partial charge in [0.1, 0.15) is 0 Å². The lowest BCUT2D eigenvalue weighted by molar-refractivity contribution is 0.305. The van der Waals surface area contributed by atoms with Gasteiger partial charge in [-0.15, -0.1) is 0 Å². The minimum atomic E-state index is 0.450. The first-order valence-electron chi connectivity index (χ1n) is 9.10. The fourth-order valence-electron chi connectivity index (χ4n) is 3.95. The third-order valence-electron chi connectivity index (χ3n) is 5.85. The molecule has 0 N–H and O–H groups in total. The Hall–Kier alpha value is -2.48. The summed E-state index contributed by atoms with van der Waals surface area (Å²) in [5, 5.41) is 0. The maximum atomic E-state index is 4.40. The smallest absolute Gasteiger partial charge is 0.0578 e. The Morgan fingerprint density at radius 2 is 1.96 bits per heavy atom. The van der Waals surface area contributed by atoms with Gasteiger partial charge in [0.15, 0.2) is 0 Å². The van der Waals surface area contributed by atoms with Crippen LogP contribution in [0.25, 0.3) is 5.70 Å². The molecule has 2 aliphatic heterocycles. The molecule has 1 saturated heterocycles. The average molecular weight is 330 g/mol. The van der Waals surface area contributed by atoms with E-state index in [2.05, 4.69) is 85.5 Å². The Morgan fingerprint density at radius 3 is 2.60 bits per heavy atom. The van der Waals surface area contributed by atoms with Crippen LogP contribution < -0.4 is 0 Å². The second kappa shape index (κ2) is 5.80. The van der Waals surface area contributed by atoms with Gasteiger partial charge in [0.2, 0.25) is 0 Å². The number of hydrogen-bond acceptors (Lipinski definition) is 2. The van der Waals surface area contributed by atoms with Gasteiger partial charge in [-0.2, -0.15) is 0 Å². The molecule has 0 radical (unpaired) electrons. The van der Waals surface area contributed by atoms with E-state index in [9.17, 15) is 0 Å². The molecule has 0 amide bonds. The van der Waals surface area contributed by atoms with Gasteiger partial charge in [0.05, 0.1) is 11.2 Å². The Labute approximate surface area is 151 Å². The normalized spacial score (nSPS) is 22.0. The number of aryl methyl sites for hydroxylation is 1. The van der Waals surface area contributed by atoms with Crippen LogP contribution in [-0.2, 0) is 0 Å². The predicted octanol–water partition coefficient (Wildman–Crippen LogP) is 5.38. The molecule has 0 unspecified atom stereocenters. The minimum absolute atomic E-state index is 0.450. The molecule has 1 aromatic rings. The third kappa shape index (κ3) is 2.66. The molecule has 3 aliphatic rings.